The van der Waals surface area contributed by atoms with Crippen molar-refractivity contribution in [3.05, 3.63) is 10.4 Å². The zero-order valence-electron chi connectivity index (χ0n) is 8.51. The number of H-pyrrole nitrogens is 1. The zero-order valence-corrected chi connectivity index (χ0v) is 8.51. The summed E-state index contributed by atoms with van der Waals surface area (Å²) in [4.78, 5) is 40.2. The fourth-order valence-corrected chi connectivity index (χ4v) is 1.63. The summed E-state index contributed by atoms with van der Waals surface area (Å²) in [6.45, 7) is -0.0447. The second-order valence-corrected chi connectivity index (χ2v) is 3.40. The minimum Gasteiger partial charge on any atom is -0.480 e. The summed E-state index contributed by atoms with van der Waals surface area (Å²) in [6, 6.07) is -1.15. The first kappa shape index (κ1) is 10.9. The molecule has 2 heterocycles. The maximum absolute atomic E-state index is 11.6. The van der Waals surface area contributed by atoms with Gasteiger partial charge in [0, 0.05) is 6.54 Å². The van der Waals surface area contributed by atoms with Gasteiger partial charge in [-0.15, -0.1) is 0 Å². The van der Waals surface area contributed by atoms with Gasteiger partial charge in [-0.2, -0.15) is 4.98 Å². The molecule has 9 heteroatoms. The number of anilines is 3. The van der Waals surface area contributed by atoms with Gasteiger partial charge in [-0.25, -0.2) is 4.79 Å². The van der Waals surface area contributed by atoms with E-state index in [0.29, 0.717) is 0 Å². The molecule has 0 saturated heterocycles. The molecule has 0 aromatic carbocycles. The molecular weight excluding hydrogens is 230 g/mol. The minimum atomic E-state index is -1.22. The van der Waals surface area contributed by atoms with Crippen molar-refractivity contribution in [2.75, 3.05) is 22.5 Å². The van der Waals surface area contributed by atoms with Gasteiger partial charge in [-0.05, 0) is 0 Å². The fourth-order valence-electron chi connectivity index (χ4n) is 1.63. The van der Waals surface area contributed by atoms with Gasteiger partial charge in [0.05, 0.1) is 0 Å². The van der Waals surface area contributed by atoms with Crippen LogP contribution < -0.4 is 21.5 Å². The van der Waals surface area contributed by atoms with Crippen molar-refractivity contribution in [3.63, 3.8) is 0 Å². The van der Waals surface area contributed by atoms with E-state index in [9.17, 15) is 14.4 Å². The van der Waals surface area contributed by atoms with E-state index >= 15 is 0 Å². The van der Waals surface area contributed by atoms with Crippen LogP contribution in [0.3, 0.4) is 0 Å². The number of hydrogen-bond acceptors (Lipinski definition) is 6. The van der Waals surface area contributed by atoms with Crippen LogP contribution in [0.4, 0.5) is 17.5 Å². The Balaban J connectivity index is 2.59. The summed E-state index contributed by atoms with van der Waals surface area (Å²) in [5.74, 6) is -1.23. The molecule has 9 nitrogen and oxygen atoms in total. The Hall–Kier alpha value is -2.58. The normalized spacial score (nSPS) is 18.1. The quantitative estimate of drug-likeness (QED) is 0.446. The van der Waals surface area contributed by atoms with E-state index in [-0.39, 0.29) is 30.4 Å². The van der Waals surface area contributed by atoms with Gasteiger partial charge in [0.1, 0.15) is 0 Å². The highest BCUT2D eigenvalue weighted by Gasteiger charge is 2.34. The van der Waals surface area contributed by atoms with Crippen molar-refractivity contribution < 1.29 is 14.7 Å². The Morgan fingerprint density at radius 3 is 2.94 bits per heavy atom. The van der Waals surface area contributed by atoms with E-state index in [1.165, 1.54) is 0 Å². The molecule has 17 heavy (non-hydrogen) atoms. The first-order chi connectivity index (χ1) is 8.04. The van der Waals surface area contributed by atoms with Crippen molar-refractivity contribution in [1.29, 1.82) is 0 Å². The lowest BCUT2D eigenvalue weighted by atomic mass is 10.2. The highest BCUT2D eigenvalue weighted by Crippen LogP contribution is 2.24. The van der Waals surface area contributed by atoms with Crippen molar-refractivity contribution in [2.24, 2.45) is 0 Å². The van der Waals surface area contributed by atoms with Crippen LogP contribution in [0.2, 0.25) is 0 Å². The predicted octanol–water partition coefficient (Wildman–Crippen LogP) is -1.81. The molecule has 1 amide bonds. The molecule has 0 unspecified atom stereocenters. The Bertz CT molecular complexity index is 539. The molecular formula is C8H9N5O4. The van der Waals surface area contributed by atoms with E-state index in [1.807, 2.05) is 0 Å². The van der Waals surface area contributed by atoms with Crippen LogP contribution in [0, 0.1) is 0 Å². The van der Waals surface area contributed by atoms with Gasteiger partial charge in [0.25, 0.3) is 5.56 Å². The minimum absolute atomic E-state index is 0.0447. The molecule has 0 fully saturated rings. The van der Waals surface area contributed by atoms with Crippen LogP contribution in [-0.4, -0.2) is 40.0 Å². The van der Waals surface area contributed by atoms with Crippen LogP contribution in [0.5, 0.6) is 0 Å². The second-order valence-electron chi connectivity index (χ2n) is 3.40. The molecule has 0 saturated carbocycles. The molecule has 2 rings (SSSR count). The number of hydrogen-bond donors (Lipinski definition) is 4. The second kappa shape index (κ2) is 3.77. The van der Waals surface area contributed by atoms with Crippen LogP contribution in [-0.2, 0) is 9.59 Å². The number of carbonyl (C=O) groups is 2. The van der Waals surface area contributed by atoms with E-state index in [1.54, 1.807) is 0 Å². The number of carboxylic acid groups (broad SMARTS) is 1. The number of rotatable bonds is 2. The molecule has 1 aliphatic rings. The van der Waals surface area contributed by atoms with E-state index in [4.69, 9.17) is 10.8 Å². The molecule has 0 radical (unpaired) electrons. The third-order valence-electron chi connectivity index (χ3n) is 2.37. The first-order valence-corrected chi connectivity index (χ1v) is 4.64. The number of nitrogens with two attached hydrogens (primary N) is 1. The monoisotopic (exact) mass is 239 g/mol. The van der Waals surface area contributed by atoms with Crippen molar-refractivity contribution in [3.8, 4) is 0 Å². The van der Waals surface area contributed by atoms with Gasteiger partial charge >= 0.3 is 5.97 Å². The van der Waals surface area contributed by atoms with Gasteiger partial charge in [-0.1, -0.05) is 0 Å². The van der Waals surface area contributed by atoms with Crippen molar-refractivity contribution in [2.45, 2.75) is 6.04 Å². The number of nitrogens with zero attached hydrogens (tertiary/aromatic N) is 2. The number of aromatic amines is 1. The SMILES string of the molecule is Nc1nc2c(c(=O)[nH]1)N(C=O)[C@@H](C(=O)O)CN2. The lowest BCUT2D eigenvalue weighted by molar-refractivity contribution is -0.139. The molecule has 0 aliphatic carbocycles. The number of aromatic nitrogens is 2. The van der Waals surface area contributed by atoms with Crippen LogP contribution >= 0.6 is 0 Å². The molecule has 1 aromatic heterocycles. The highest BCUT2D eigenvalue weighted by atomic mass is 16.4. The van der Waals surface area contributed by atoms with Gasteiger partial charge in [-0.3, -0.25) is 19.5 Å². The first-order valence-electron chi connectivity index (χ1n) is 4.64. The molecule has 0 spiro atoms. The van der Waals surface area contributed by atoms with Crippen molar-refractivity contribution >= 4 is 29.8 Å². The summed E-state index contributed by atoms with van der Waals surface area (Å²) < 4.78 is 0. The number of carboxylic acids is 1. The largest absolute Gasteiger partial charge is 0.480 e. The summed E-state index contributed by atoms with van der Waals surface area (Å²) in [5, 5.41) is 11.6. The zero-order chi connectivity index (χ0) is 12.6. The van der Waals surface area contributed by atoms with Crippen LogP contribution in [0.25, 0.3) is 0 Å². The predicted molar refractivity (Wildman–Crippen MR) is 57.7 cm³/mol. The Morgan fingerprint density at radius 1 is 1.65 bits per heavy atom. The Labute approximate surface area is 94.3 Å². The molecule has 90 valence electrons. The fraction of sp³-hybridized carbons (Fsp3) is 0.250. The number of nitrogens with one attached hydrogen (secondary N) is 2. The highest BCUT2D eigenvalue weighted by molar-refractivity contribution is 5.93. The average molecular weight is 239 g/mol. The third-order valence-corrected chi connectivity index (χ3v) is 2.37. The van der Waals surface area contributed by atoms with Crippen molar-refractivity contribution in [1.82, 2.24) is 9.97 Å². The standard InChI is InChI=1S/C8H9N5O4/c9-8-11-5-4(6(15)12-8)13(2-14)3(1-10-5)7(16)17/h2-3H,1H2,(H,16,17)(H4,9,10,11,12,15)/t3-/m1/s1. The lowest BCUT2D eigenvalue weighted by Gasteiger charge is -2.30. The van der Waals surface area contributed by atoms with E-state index in [2.05, 4.69) is 15.3 Å². The maximum Gasteiger partial charge on any atom is 0.328 e. The van der Waals surface area contributed by atoms with Crippen LogP contribution in [0.15, 0.2) is 4.79 Å². The van der Waals surface area contributed by atoms with E-state index in [0.717, 1.165) is 4.90 Å². The number of amides is 1. The molecule has 5 N–H and O–H groups in total. The number of aliphatic carboxylic acids is 1. The smallest absolute Gasteiger partial charge is 0.328 e. The van der Waals surface area contributed by atoms with Gasteiger partial charge in [0.2, 0.25) is 12.4 Å². The molecule has 0 bridgehead atoms. The number of carbonyl (C=O) groups excluding carboxylic acids is 1. The van der Waals surface area contributed by atoms with E-state index < -0.39 is 17.6 Å². The summed E-state index contributed by atoms with van der Waals surface area (Å²) in [7, 11) is 0. The van der Waals surface area contributed by atoms with Crippen LogP contribution in [0.1, 0.15) is 0 Å². The molecule has 1 aliphatic heterocycles. The average Bonchev–Trinajstić information content (AvgIpc) is 2.26. The lowest BCUT2D eigenvalue weighted by Crippen LogP contribution is -2.50. The Morgan fingerprint density at radius 2 is 2.35 bits per heavy atom. The molecule has 1 aromatic rings. The summed E-state index contributed by atoms with van der Waals surface area (Å²) in [5.41, 5.74) is 4.52. The number of fused-ring (bicyclic) bond motifs is 1. The van der Waals surface area contributed by atoms with Gasteiger partial charge < -0.3 is 16.2 Å². The maximum atomic E-state index is 11.6. The Kier molecular flexibility index (Phi) is 2.42. The number of nitrogen functional groups attached to an aromatic ring is 1. The summed E-state index contributed by atoms with van der Waals surface area (Å²) >= 11 is 0. The topological polar surface area (TPSA) is 141 Å². The molecule has 1 atom stereocenters. The third kappa shape index (κ3) is 1.67. The van der Waals surface area contributed by atoms with Gasteiger partial charge in [0.15, 0.2) is 17.5 Å². The summed E-state index contributed by atoms with van der Waals surface area (Å²) in [6.07, 6.45) is 0.283.